The number of carbonyl (C=O) groups excluding carboxylic acids is 1. The average molecular weight is 372 g/mol. The van der Waals surface area contributed by atoms with Gasteiger partial charge in [0.2, 0.25) is 0 Å². The molecule has 0 aromatic carbocycles. The Labute approximate surface area is 157 Å². The molecule has 1 amide bonds. The van der Waals surface area contributed by atoms with Gasteiger partial charge in [-0.25, -0.2) is 4.98 Å². The molecule has 2 aromatic rings. The van der Waals surface area contributed by atoms with Crippen molar-refractivity contribution >= 4 is 11.7 Å². The van der Waals surface area contributed by atoms with Gasteiger partial charge in [0.25, 0.3) is 5.91 Å². The van der Waals surface area contributed by atoms with Crippen molar-refractivity contribution in [3.8, 4) is 5.75 Å². The normalized spacial score (nSPS) is 16.0. The van der Waals surface area contributed by atoms with Crippen LogP contribution in [0.4, 0.5) is 5.82 Å². The van der Waals surface area contributed by atoms with Crippen molar-refractivity contribution in [1.29, 1.82) is 0 Å². The SMILES string of the molecule is O=C(c1ccc(NC[C@H](O)CO)nc1)N1CCC(Oc2cccnc2)CC1. The predicted octanol–water partition coefficient (Wildman–Crippen LogP) is 0.925. The smallest absolute Gasteiger partial charge is 0.255 e. The molecule has 1 fully saturated rings. The maximum absolute atomic E-state index is 12.6. The molecule has 3 rings (SSSR count). The van der Waals surface area contributed by atoms with Crippen molar-refractivity contribution < 1.29 is 19.7 Å². The van der Waals surface area contributed by atoms with Crippen molar-refractivity contribution in [2.24, 2.45) is 0 Å². The molecule has 8 nitrogen and oxygen atoms in total. The number of ether oxygens (including phenoxy) is 1. The van der Waals surface area contributed by atoms with Crippen molar-refractivity contribution in [3.63, 3.8) is 0 Å². The maximum Gasteiger partial charge on any atom is 0.255 e. The summed E-state index contributed by atoms with van der Waals surface area (Å²) in [4.78, 5) is 22.7. The molecule has 2 aromatic heterocycles. The number of nitrogens with zero attached hydrogens (tertiary/aromatic N) is 3. The molecule has 27 heavy (non-hydrogen) atoms. The van der Waals surface area contributed by atoms with Crippen molar-refractivity contribution in [2.45, 2.75) is 25.0 Å². The molecule has 3 heterocycles. The second-order valence-corrected chi connectivity index (χ2v) is 6.45. The van der Waals surface area contributed by atoms with E-state index in [4.69, 9.17) is 9.84 Å². The lowest BCUT2D eigenvalue weighted by Gasteiger charge is -2.32. The molecule has 0 saturated carbocycles. The molecule has 144 valence electrons. The van der Waals surface area contributed by atoms with E-state index in [0.717, 1.165) is 18.6 Å². The number of carbonyl (C=O) groups is 1. The number of anilines is 1. The highest BCUT2D eigenvalue weighted by molar-refractivity contribution is 5.94. The molecular weight excluding hydrogens is 348 g/mol. The van der Waals surface area contributed by atoms with E-state index >= 15 is 0 Å². The summed E-state index contributed by atoms with van der Waals surface area (Å²) in [5, 5.41) is 21.0. The summed E-state index contributed by atoms with van der Waals surface area (Å²) in [5.41, 5.74) is 0.523. The first-order valence-corrected chi connectivity index (χ1v) is 9.00. The lowest BCUT2D eigenvalue weighted by molar-refractivity contribution is 0.0594. The highest BCUT2D eigenvalue weighted by Gasteiger charge is 2.25. The summed E-state index contributed by atoms with van der Waals surface area (Å²) < 4.78 is 5.90. The Kier molecular flexibility index (Phi) is 6.56. The third kappa shape index (κ3) is 5.38. The highest BCUT2D eigenvalue weighted by atomic mass is 16.5. The van der Waals surface area contributed by atoms with E-state index in [9.17, 15) is 9.90 Å². The van der Waals surface area contributed by atoms with Gasteiger partial charge in [-0.3, -0.25) is 9.78 Å². The minimum absolute atomic E-state index is 0.0516. The van der Waals surface area contributed by atoms with Crippen LogP contribution in [0.3, 0.4) is 0 Å². The fourth-order valence-corrected chi connectivity index (χ4v) is 2.88. The Bertz CT molecular complexity index is 718. The molecular formula is C19H24N4O4. The summed E-state index contributed by atoms with van der Waals surface area (Å²) in [6, 6.07) is 7.12. The molecule has 1 saturated heterocycles. The van der Waals surface area contributed by atoms with Crippen LogP contribution in [0, 0.1) is 0 Å². The number of aliphatic hydroxyl groups is 2. The molecule has 0 bridgehead atoms. The number of aromatic nitrogens is 2. The van der Waals surface area contributed by atoms with Gasteiger partial charge in [0.1, 0.15) is 17.7 Å². The minimum atomic E-state index is -0.844. The molecule has 8 heteroatoms. The lowest BCUT2D eigenvalue weighted by Crippen LogP contribution is -2.41. The van der Waals surface area contributed by atoms with Gasteiger partial charge >= 0.3 is 0 Å². The fourth-order valence-electron chi connectivity index (χ4n) is 2.88. The highest BCUT2D eigenvalue weighted by Crippen LogP contribution is 2.19. The van der Waals surface area contributed by atoms with E-state index in [2.05, 4.69) is 15.3 Å². The third-order valence-electron chi connectivity index (χ3n) is 4.41. The van der Waals surface area contributed by atoms with Crippen LogP contribution < -0.4 is 10.1 Å². The summed E-state index contributed by atoms with van der Waals surface area (Å²) in [6.45, 7) is 1.14. The van der Waals surface area contributed by atoms with E-state index in [1.165, 1.54) is 6.20 Å². The Morgan fingerprint density at radius 2 is 2.11 bits per heavy atom. The molecule has 3 N–H and O–H groups in total. The number of likely N-dealkylation sites (tertiary alicyclic amines) is 1. The Morgan fingerprint density at radius 1 is 1.30 bits per heavy atom. The first-order chi connectivity index (χ1) is 13.2. The molecule has 0 unspecified atom stereocenters. The van der Waals surface area contributed by atoms with Gasteiger partial charge in [-0.1, -0.05) is 0 Å². The number of hydrogen-bond acceptors (Lipinski definition) is 7. The summed E-state index contributed by atoms with van der Waals surface area (Å²) in [6.07, 6.45) is 5.70. The van der Waals surface area contributed by atoms with Crippen LogP contribution in [-0.4, -0.2) is 69.4 Å². The molecule has 0 radical (unpaired) electrons. The van der Waals surface area contributed by atoms with Gasteiger partial charge in [0.15, 0.2) is 0 Å². The van der Waals surface area contributed by atoms with Gasteiger partial charge in [0.05, 0.1) is 24.5 Å². The second kappa shape index (κ2) is 9.29. The zero-order valence-corrected chi connectivity index (χ0v) is 15.0. The maximum atomic E-state index is 12.6. The Balaban J connectivity index is 1.48. The Hall–Kier alpha value is -2.71. The largest absolute Gasteiger partial charge is 0.489 e. The van der Waals surface area contributed by atoms with Gasteiger partial charge in [-0.2, -0.15) is 0 Å². The number of piperidine rings is 1. The first kappa shape index (κ1) is 19.1. The van der Waals surface area contributed by atoms with Crippen LogP contribution in [0.5, 0.6) is 5.75 Å². The van der Waals surface area contributed by atoms with Crippen molar-refractivity contribution in [2.75, 3.05) is 31.6 Å². The van der Waals surface area contributed by atoms with Crippen LogP contribution in [0.25, 0.3) is 0 Å². The van der Waals surface area contributed by atoms with Crippen LogP contribution in [-0.2, 0) is 0 Å². The molecule has 1 aliphatic rings. The second-order valence-electron chi connectivity index (χ2n) is 6.45. The van der Waals surface area contributed by atoms with Crippen LogP contribution >= 0.6 is 0 Å². The first-order valence-electron chi connectivity index (χ1n) is 9.00. The van der Waals surface area contributed by atoms with Gasteiger partial charge in [0, 0.05) is 44.9 Å². The van der Waals surface area contributed by atoms with E-state index in [1.807, 2.05) is 17.0 Å². The van der Waals surface area contributed by atoms with Gasteiger partial charge in [-0.15, -0.1) is 0 Å². The number of pyridine rings is 2. The molecule has 1 aliphatic heterocycles. The standard InChI is InChI=1S/C19H24N4O4/c24-13-15(25)11-22-18-4-3-14(10-21-18)19(26)23-8-5-16(6-9-23)27-17-2-1-7-20-12-17/h1-4,7,10,12,15-16,24-25H,5-6,8-9,11,13H2,(H,21,22)/t15-/m0/s1. The molecule has 0 spiro atoms. The monoisotopic (exact) mass is 372 g/mol. The zero-order valence-electron chi connectivity index (χ0n) is 15.0. The number of rotatable bonds is 7. The van der Waals surface area contributed by atoms with Crippen LogP contribution in [0.1, 0.15) is 23.2 Å². The molecule has 1 atom stereocenters. The summed E-state index contributed by atoms with van der Waals surface area (Å²) in [5.74, 6) is 1.24. The lowest BCUT2D eigenvalue weighted by atomic mass is 10.1. The topological polar surface area (TPSA) is 108 Å². The fraction of sp³-hybridized carbons (Fsp3) is 0.421. The summed E-state index contributed by atoms with van der Waals surface area (Å²) in [7, 11) is 0. The number of hydrogen-bond donors (Lipinski definition) is 3. The van der Waals surface area contributed by atoms with Crippen LogP contribution in [0.2, 0.25) is 0 Å². The Morgan fingerprint density at radius 3 is 2.74 bits per heavy atom. The van der Waals surface area contributed by atoms with Gasteiger partial charge in [-0.05, 0) is 24.3 Å². The van der Waals surface area contributed by atoms with Crippen molar-refractivity contribution in [1.82, 2.24) is 14.9 Å². The average Bonchev–Trinajstić information content (AvgIpc) is 2.73. The van der Waals surface area contributed by atoms with E-state index in [1.54, 1.807) is 24.5 Å². The van der Waals surface area contributed by atoms with Crippen molar-refractivity contribution in [3.05, 3.63) is 48.4 Å². The number of aliphatic hydroxyl groups excluding tert-OH is 2. The predicted molar refractivity (Wildman–Crippen MR) is 99.6 cm³/mol. The third-order valence-corrected chi connectivity index (χ3v) is 4.41. The number of amides is 1. The van der Waals surface area contributed by atoms with E-state index < -0.39 is 6.10 Å². The molecule has 0 aliphatic carbocycles. The summed E-state index contributed by atoms with van der Waals surface area (Å²) >= 11 is 0. The number of nitrogens with one attached hydrogen (secondary N) is 1. The minimum Gasteiger partial charge on any atom is -0.489 e. The van der Waals surface area contributed by atoms with E-state index in [-0.39, 0.29) is 25.2 Å². The zero-order chi connectivity index (χ0) is 19.1. The quantitative estimate of drug-likeness (QED) is 0.663. The van der Waals surface area contributed by atoms with Gasteiger partial charge < -0.3 is 25.2 Å². The van der Waals surface area contributed by atoms with E-state index in [0.29, 0.717) is 24.5 Å². The van der Waals surface area contributed by atoms with Crippen LogP contribution in [0.15, 0.2) is 42.9 Å².